The molecule has 1 unspecified atom stereocenters. The largest absolute Gasteiger partial charge is 0.318 e. The highest BCUT2D eigenvalue weighted by molar-refractivity contribution is 8.00. The van der Waals surface area contributed by atoms with Gasteiger partial charge >= 0.3 is 0 Å². The molecule has 8 heteroatoms. The van der Waals surface area contributed by atoms with E-state index in [-0.39, 0.29) is 5.91 Å². The van der Waals surface area contributed by atoms with E-state index in [1.54, 1.807) is 30.0 Å². The molecule has 5 nitrogen and oxygen atoms in total. The number of carbonyl (C=O) groups excluding carboxylic acids is 1. The molecule has 2 heterocycles. The molecule has 21 heavy (non-hydrogen) atoms. The number of carbonyl (C=O) groups is 1. The van der Waals surface area contributed by atoms with Crippen molar-refractivity contribution in [1.82, 2.24) is 10.2 Å². The third-order valence-electron chi connectivity index (χ3n) is 2.83. The van der Waals surface area contributed by atoms with Crippen LogP contribution in [0.4, 0.5) is 5.13 Å². The summed E-state index contributed by atoms with van der Waals surface area (Å²) in [5.41, 5.74) is 5.12. The zero-order chi connectivity index (χ0) is 15.3. The van der Waals surface area contributed by atoms with E-state index in [1.165, 1.54) is 16.2 Å². The van der Waals surface area contributed by atoms with E-state index in [2.05, 4.69) is 27.0 Å². The molecule has 0 aliphatic heterocycles. The third-order valence-corrected chi connectivity index (χ3v) is 5.91. The maximum atomic E-state index is 12.1. The van der Waals surface area contributed by atoms with E-state index < -0.39 is 5.54 Å². The molecular weight excluding hydrogens is 324 g/mol. The number of anilines is 1. The second-order valence-corrected chi connectivity index (χ2v) is 8.09. The number of aromatic nitrogens is 2. The Morgan fingerprint density at radius 3 is 3.00 bits per heavy atom. The maximum absolute atomic E-state index is 12.1. The molecule has 0 aliphatic rings. The number of nitrogens with zero attached hydrogens (tertiary/aromatic N) is 2. The molecule has 0 aromatic carbocycles. The lowest BCUT2D eigenvalue weighted by Crippen LogP contribution is -2.48. The SMILES string of the molecule is CCCC(C)(N)C(=O)Nc1nnc(SCc2cccs2)s1. The molecule has 0 spiro atoms. The Morgan fingerprint density at radius 1 is 1.52 bits per heavy atom. The molecule has 0 radical (unpaired) electrons. The molecule has 2 rings (SSSR count). The molecule has 114 valence electrons. The molecule has 0 bridgehead atoms. The van der Waals surface area contributed by atoms with E-state index in [4.69, 9.17) is 5.73 Å². The van der Waals surface area contributed by atoms with Crippen LogP contribution in [0.3, 0.4) is 0 Å². The minimum Gasteiger partial charge on any atom is -0.318 e. The van der Waals surface area contributed by atoms with E-state index in [9.17, 15) is 4.79 Å². The van der Waals surface area contributed by atoms with Gasteiger partial charge < -0.3 is 5.73 Å². The summed E-state index contributed by atoms with van der Waals surface area (Å²) in [4.78, 5) is 13.4. The average Bonchev–Trinajstić information content (AvgIpc) is 3.07. The fourth-order valence-electron chi connectivity index (χ4n) is 1.72. The molecular formula is C13H18N4OS3. The van der Waals surface area contributed by atoms with Crippen molar-refractivity contribution in [3.05, 3.63) is 22.4 Å². The van der Waals surface area contributed by atoms with Gasteiger partial charge in [-0.1, -0.05) is 42.5 Å². The second-order valence-electron chi connectivity index (χ2n) is 4.86. The van der Waals surface area contributed by atoms with Gasteiger partial charge in [-0.15, -0.1) is 21.5 Å². The van der Waals surface area contributed by atoms with Crippen LogP contribution in [0.25, 0.3) is 0 Å². The highest BCUT2D eigenvalue weighted by Crippen LogP contribution is 2.29. The quantitative estimate of drug-likeness (QED) is 0.596. The van der Waals surface area contributed by atoms with E-state index in [0.29, 0.717) is 11.6 Å². The fourth-order valence-corrected chi connectivity index (χ4v) is 4.24. The van der Waals surface area contributed by atoms with Crippen LogP contribution in [0.1, 0.15) is 31.6 Å². The molecule has 0 saturated carbocycles. The van der Waals surface area contributed by atoms with Gasteiger partial charge in [0.15, 0.2) is 4.34 Å². The smallest absolute Gasteiger partial charge is 0.245 e. The van der Waals surface area contributed by atoms with Gasteiger partial charge in [0.05, 0.1) is 5.54 Å². The fraction of sp³-hybridized carbons (Fsp3) is 0.462. The van der Waals surface area contributed by atoms with Crippen molar-refractivity contribution < 1.29 is 4.79 Å². The predicted molar refractivity (Wildman–Crippen MR) is 89.9 cm³/mol. The monoisotopic (exact) mass is 342 g/mol. The van der Waals surface area contributed by atoms with Crippen LogP contribution in [0, 0.1) is 0 Å². The maximum Gasteiger partial charge on any atom is 0.245 e. The first kappa shape index (κ1) is 16.4. The predicted octanol–water partition coefficient (Wildman–Crippen LogP) is 3.35. The van der Waals surface area contributed by atoms with Gasteiger partial charge in [0.1, 0.15) is 0 Å². The standard InChI is InChI=1S/C13H18N4OS3/c1-3-6-13(2,14)10(18)15-11-16-17-12(21-11)20-8-9-5-4-7-19-9/h4-5,7H,3,6,8,14H2,1-2H3,(H,15,16,18). The average molecular weight is 343 g/mol. The van der Waals surface area contributed by atoms with Crippen molar-refractivity contribution in [2.75, 3.05) is 5.32 Å². The van der Waals surface area contributed by atoms with Crippen molar-refractivity contribution in [2.45, 2.75) is 42.3 Å². The summed E-state index contributed by atoms with van der Waals surface area (Å²) in [5.74, 6) is 0.653. The van der Waals surface area contributed by atoms with Crippen molar-refractivity contribution in [3.8, 4) is 0 Å². The van der Waals surface area contributed by atoms with Gasteiger partial charge in [-0.2, -0.15) is 0 Å². The number of amides is 1. The lowest BCUT2D eigenvalue weighted by atomic mass is 9.97. The summed E-state index contributed by atoms with van der Waals surface area (Å²) in [6.07, 6.45) is 1.50. The first-order valence-corrected chi connectivity index (χ1v) is 9.28. The Balaban J connectivity index is 1.89. The first-order chi connectivity index (χ1) is 10.0. The number of nitrogens with two attached hydrogens (primary N) is 1. The summed E-state index contributed by atoms with van der Waals surface area (Å²) >= 11 is 4.71. The zero-order valence-electron chi connectivity index (χ0n) is 12.0. The highest BCUT2D eigenvalue weighted by Gasteiger charge is 2.28. The molecule has 0 saturated heterocycles. The van der Waals surface area contributed by atoms with E-state index >= 15 is 0 Å². The van der Waals surface area contributed by atoms with Gasteiger partial charge in [0.25, 0.3) is 0 Å². The first-order valence-electron chi connectivity index (χ1n) is 6.60. The van der Waals surface area contributed by atoms with Gasteiger partial charge in [-0.25, -0.2) is 0 Å². The Hall–Kier alpha value is -0.960. The Bertz CT molecular complexity index is 580. The van der Waals surface area contributed by atoms with E-state index in [0.717, 1.165) is 16.5 Å². The highest BCUT2D eigenvalue weighted by atomic mass is 32.2. The third kappa shape index (κ3) is 4.77. The second kappa shape index (κ2) is 7.35. The summed E-state index contributed by atoms with van der Waals surface area (Å²) < 4.78 is 0.841. The Morgan fingerprint density at radius 2 is 2.33 bits per heavy atom. The van der Waals surface area contributed by atoms with Crippen molar-refractivity contribution >= 4 is 45.5 Å². The van der Waals surface area contributed by atoms with Crippen molar-refractivity contribution in [1.29, 1.82) is 0 Å². The Kier molecular flexibility index (Phi) is 5.74. The summed E-state index contributed by atoms with van der Waals surface area (Å²) in [7, 11) is 0. The topological polar surface area (TPSA) is 80.9 Å². The van der Waals surface area contributed by atoms with Crippen LogP contribution >= 0.6 is 34.4 Å². The van der Waals surface area contributed by atoms with Crippen molar-refractivity contribution in [3.63, 3.8) is 0 Å². The normalized spacial score (nSPS) is 13.9. The number of hydrogen-bond acceptors (Lipinski definition) is 7. The van der Waals surface area contributed by atoms with Gasteiger partial charge in [-0.3, -0.25) is 10.1 Å². The molecule has 2 aromatic rings. The number of rotatable bonds is 7. The Labute approximate surface area is 136 Å². The summed E-state index contributed by atoms with van der Waals surface area (Å²) in [5, 5.41) is 13.4. The molecule has 0 aliphatic carbocycles. The molecule has 2 aromatic heterocycles. The molecule has 1 atom stereocenters. The minimum atomic E-state index is -0.870. The lowest BCUT2D eigenvalue weighted by molar-refractivity contribution is -0.120. The van der Waals surface area contributed by atoms with Crippen LogP contribution in [0.15, 0.2) is 21.9 Å². The van der Waals surface area contributed by atoms with Crippen LogP contribution in [0.2, 0.25) is 0 Å². The van der Waals surface area contributed by atoms with Crippen LogP contribution < -0.4 is 11.1 Å². The number of thioether (sulfide) groups is 1. The summed E-state index contributed by atoms with van der Waals surface area (Å²) in [6, 6.07) is 4.12. The molecule has 3 N–H and O–H groups in total. The van der Waals surface area contributed by atoms with Crippen molar-refractivity contribution in [2.24, 2.45) is 5.73 Å². The number of nitrogens with one attached hydrogen (secondary N) is 1. The number of thiophene rings is 1. The lowest BCUT2D eigenvalue weighted by Gasteiger charge is -2.21. The summed E-state index contributed by atoms with van der Waals surface area (Å²) in [6.45, 7) is 3.74. The molecule has 0 fully saturated rings. The van der Waals surface area contributed by atoms with Gasteiger partial charge in [0.2, 0.25) is 11.0 Å². The van der Waals surface area contributed by atoms with Crippen LogP contribution in [-0.4, -0.2) is 21.6 Å². The zero-order valence-corrected chi connectivity index (χ0v) is 14.4. The van der Waals surface area contributed by atoms with Gasteiger partial charge in [0, 0.05) is 10.6 Å². The van der Waals surface area contributed by atoms with E-state index in [1.807, 2.05) is 13.0 Å². The van der Waals surface area contributed by atoms with Crippen LogP contribution in [-0.2, 0) is 10.5 Å². The van der Waals surface area contributed by atoms with Gasteiger partial charge in [-0.05, 0) is 24.8 Å². The molecule has 1 amide bonds. The number of hydrogen-bond donors (Lipinski definition) is 2. The minimum absolute atomic E-state index is 0.213. The van der Waals surface area contributed by atoms with Crippen LogP contribution in [0.5, 0.6) is 0 Å².